The fraction of sp³-hybridized carbons (Fsp3) is 0.867. The molecule has 1 saturated carbocycles. The second-order valence-electron chi connectivity index (χ2n) is 5.00. The van der Waals surface area contributed by atoms with Crippen molar-refractivity contribution in [2.75, 3.05) is 0 Å². The van der Waals surface area contributed by atoms with Gasteiger partial charge >= 0.3 is 0 Å². The van der Waals surface area contributed by atoms with Crippen molar-refractivity contribution >= 4 is 0 Å². The maximum absolute atomic E-state index is 3.53. The Morgan fingerprint density at radius 2 is 1.67 bits per heavy atom. The smallest absolute Gasteiger partial charge is 0.0315 e. The zero-order valence-corrected chi connectivity index (χ0v) is 10.6. The Morgan fingerprint density at radius 1 is 0.933 bits per heavy atom. The van der Waals surface area contributed by atoms with Crippen LogP contribution in [0.4, 0.5) is 0 Å². The molecule has 1 fully saturated rings. The van der Waals surface area contributed by atoms with Gasteiger partial charge in [0.05, 0.1) is 0 Å². The Morgan fingerprint density at radius 3 is 2.27 bits per heavy atom. The van der Waals surface area contributed by atoms with Crippen LogP contribution in [0.3, 0.4) is 0 Å². The zero-order chi connectivity index (χ0) is 11.0. The average Bonchev–Trinajstić information content (AvgIpc) is 3.01. The van der Waals surface area contributed by atoms with E-state index in [0.717, 1.165) is 6.42 Å². The van der Waals surface area contributed by atoms with Gasteiger partial charge in [-0.25, -0.2) is 0 Å². The molecule has 0 aromatic rings. The molecule has 0 aliphatic heterocycles. The lowest BCUT2D eigenvalue weighted by molar-refractivity contribution is 0.533. The van der Waals surface area contributed by atoms with Crippen LogP contribution in [0, 0.1) is 17.3 Å². The SMILES string of the molecule is CCCCC#CC1(CCCCCC)CC1. The predicted molar refractivity (Wildman–Crippen MR) is 67.7 cm³/mol. The molecule has 0 N–H and O–H groups in total. The van der Waals surface area contributed by atoms with E-state index in [1.807, 2.05) is 0 Å². The van der Waals surface area contributed by atoms with Gasteiger partial charge in [-0.2, -0.15) is 0 Å². The standard InChI is InChI=1S/C15H26/c1-3-5-7-9-11-15(13-14-15)12-10-8-6-4-2/h3-9,11,13-14H2,1-2H3. The van der Waals surface area contributed by atoms with Crippen molar-refractivity contribution in [3.8, 4) is 11.8 Å². The fourth-order valence-corrected chi connectivity index (χ4v) is 1.99. The Kier molecular flexibility index (Phi) is 5.84. The third-order valence-corrected chi connectivity index (χ3v) is 3.37. The van der Waals surface area contributed by atoms with Gasteiger partial charge in [0.15, 0.2) is 0 Å². The van der Waals surface area contributed by atoms with E-state index in [0.29, 0.717) is 5.41 Å². The molecule has 0 amide bonds. The van der Waals surface area contributed by atoms with Gasteiger partial charge in [0, 0.05) is 11.8 Å². The summed E-state index contributed by atoms with van der Waals surface area (Å²) >= 11 is 0. The lowest BCUT2D eigenvalue weighted by atomic mass is 9.98. The van der Waals surface area contributed by atoms with Crippen molar-refractivity contribution in [3.63, 3.8) is 0 Å². The first-order valence-electron chi connectivity index (χ1n) is 6.83. The van der Waals surface area contributed by atoms with E-state index >= 15 is 0 Å². The molecule has 0 aromatic heterocycles. The van der Waals surface area contributed by atoms with Crippen molar-refractivity contribution in [1.82, 2.24) is 0 Å². The highest BCUT2D eigenvalue weighted by Crippen LogP contribution is 2.49. The molecule has 1 aliphatic rings. The second-order valence-corrected chi connectivity index (χ2v) is 5.00. The molecule has 1 rings (SSSR count). The molecule has 0 heterocycles. The van der Waals surface area contributed by atoms with Crippen molar-refractivity contribution in [3.05, 3.63) is 0 Å². The summed E-state index contributed by atoms with van der Waals surface area (Å²) in [4.78, 5) is 0. The molecule has 0 nitrogen and oxygen atoms in total. The van der Waals surface area contributed by atoms with Crippen LogP contribution in [0.2, 0.25) is 0 Å². The molecule has 0 heteroatoms. The van der Waals surface area contributed by atoms with E-state index in [9.17, 15) is 0 Å². The quantitative estimate of drug-likeness (QED) is 0.409. The van der Waals surface area contributed by atoms with Crippen LogP contribution in [-0.2, 0) is 0 Å². The lowest BCUT2D eigenvalue weighted by Crippen LogP contribution is -1.96. The highest BCUT2D eigenvalue weighted by atomic mass is 14.4. The minimum Gasteiger partial charge on any atom is -0.103 e. The van der Waals surface area contributed by atoms with E-state index in [4.69, 9.17) is 0 Å². The summed E-state index contributed by atoms with van der Waals surface area (Å²) in [6.07, 6.45) is 13.3. The highest BCUT2D eigenvalue weighted by Gasteiger charge is 2.39. The van der Waals surface area contributed by atoms with Crippen LogP contribution in [0.15, 0.2) is 0 Å². The fourth-order valence-electron chi connectivity index (χ4n) is 1.99. The first-order chi connectivity index (χ1) is 7.33. The maximum atomic E-state index is 3.53. The van der Waals surface area contributed by atoms with E-state index in [2.05, 4.69) is 25.7 Å². The van der Waals surface area contributed by atoms with Crippen molar-refractivity contribution in [2.24, 2.45) is 5.41 Å². The van der Waals surface area contributed by atoms with Gasteiger partial charge in [-0.3, -0.25) is 0 Å². The molecule has 0 atom stereocenters. The Balaban J connectivity index is 2.12. The Bertz CT molecular complexity index is 212. The maximum Gasteiger partial charge on any atom is 0.0315 e. The zero-order valence-electron chi connectivity index (χ0n) is 10.6. The van der Waals surface area contributed by atoms with Gasteiger partial charge in [-0.15, -0.1) is 5.92 Å². The summed E-state index contributed by atoms with van der Waals surface area (Å²) in [7, 11) is 0. The van der Waals surface area contributed by atoms with Crippen molar-refractivity contribution in [2.45, 2.75) is 78.1 Å². The van der Waals surface area contributed by atoms with Gasteiger partial charge in [-0.05, 0) is 25.7 Å². The summed E-state index contributed by atoms with van der Waals surface area (Å²) in [5, 5.41) is 0. The normalized spacial score (nSPS) is 16.9. The topological polar surface area (TPSA) is 0 Å². The third kappa shape index (κ3) is 5.26. The summed E-state index contributed by atoms with van der Waals surface area (Å²) in [5.74, 6) is 6.91. The van der Waals surface area contributed by atoms with Gasteiger partial charge in [0.2, 0.25) is 0 Å². The molecule has 1 aliphatic carbocycles. The van der Waals surface area contributed by atoms with Gasteiger partial charge < -0.3 is 0 Å². The molecule has 0 spiro atoms. The monoisotopic (exact) mass is 206 g/mol. The highest BCUT2D eigenvalue weighted by molar-refractivity contribution is 5.19. The second kappa shape index (κ2) is 6.94. The minimum absolute atomic E-state index is 0.488. The summed E-state index contributed by atoms with van der Waals surface area (Å²) in [5.41, 5.74) is 0.488. The Labute approximate surface area is 95.8 Å². The van der Waals surface area contributed by atoms with E-state index in [-0.39, 0.29) is 0 Å². The van der Waals surface area contributed by atoms with E-state index in [1.165, 1.54) is 57.8 Å². The molecular formula is C15H26. The van der Waals surface area contributed by atoms with Gasteiger partial charge in [0.1, 0.15) is 0 Å². The van der Waals surface area contributed by atoms with Crippen LogP contribution >= 0.6 is 0 Å². The van der Waals surface area contributed by atoms with Crippen LogP contribution in [0.5, 0.6) is 0 Å². The van der Waals surface area contributed by atoms with E-state index < -0.39 is 0 Å². The molecule has 0 saturated heterocycles. The largest absolute Gasteiger partial charge is 0.103 e. The number of hydrogen-bond donors (Lipinski definition) is 0. The molecule has 15 heavy (non-hydrogen) atoms. The Hall–Kier alpha value is -0.440. The van der Waals surface area contributed by atoms with Crippen LogP contribution in [0.1, 0.15) is 78.1 Å². The van der Waals surface area contributed by atoms with Crippen molar-refractivity contribution in [1.29, 1.82) is 0 Å². The summed E-state index contributed by atoms with van der Waals surface area (Å²) in [6.45, 7) is 4.51. The van der Waals surface area contributed by atoms with Crippen LogP contribution < -0.4 is 0 Å². The number of unbranched alkanes of at least 4 members (excludes halogenated alkanes) is 5. The first kappa shape index (κ1) is 12.6. The molecular weight excluding hydrogens is 180 g/mol. The van der Waals surface area contributed by atoms with Crippen LogP contribution in [0.25, 0.3) is 0 Å². The number of rotatable bonds is 7. The first-order valence-corrected chi connectivity index (χ1v) is 6.83. The predicted octanol–water partition coefficient (Wildman–Crippen LogP) is 4.93. The molecule has 86 valence electrons. The minimum atomic E-state index is 0.488. The summed E-state index contributed by atoms with van der Waals surface area (Å²) < 4.78 is 0. The van der Waals surface area contributed by atoms with E-state index in [1.54, 1.807) is 0 Å². The molecule has 0 bridgehead atoms. The molecule has 0 aromatic carbocycles. The third-order valence-electron chi connectivity index (χ3n) is 3.37. The summed E-state index contributed by atoms with van der Waals surface area (Å²) in [6, 6.07) is 0. The van der Waals surface area contributed by atoms with Gasteiger partial charge in [0.25, 0.3) is 0 Å². The van der Waals surface area contributed by atoms with Crippen LogP contribution in [-0.4, -0.2) is 0 Å². The average molecular weight is 206 g/mol. The van der Waals surface area contributed by atoms with Gasteiger partial charge in [-0.1, -0.05) is 51.9 Å². The molecule has 0 radical (unpaired) electrons. The van der Waals surface area contributed by atoms with Crippen molar-refractivity contribution < 1.29 is 0 Å². The lowest BCUT2D eigenvalue weighted by Gasteiger charge is -2.06. The molecule has 0 unspecified atom stereocenters. The number of hydrogen-bond acceptors (Lipinski definition) is 0.